The Hall–Kier alpha value is -0.540. The van der Waals surface area contributed by atoms with Gasteiger partial charge in [0.25, 0.3) is 0 Å². The Kier molecular flexibility index (Phi) is 4.68. The molecule has 0 heterocycles. The number of rotatable bonds is 6. The third kappa shape index (κ3) is 3.48. The van der Waals surface area contributed by atoms with Gasteiger partial charge in [-0.3, -0.25) is 0 Å². The fourth-order valence-electron chi connectivity index (χ4n) is 2.26. The standard InChI is InChI=1S/C15H22BrNO/c1-3-8-17(10-12-4-5-12)13-6-7-14(11(2)18)15(16)9-13/h6-7,9,11-12,18H,3-5,8,10H2,1-2H3/t11-/m0/s1. The SMILES string of the molecule is CCCN(CC1CC1)c1ccc([C@H](C)O)c(Br)c1. The summed E-state index contributed by atoms with van der Waals surface area (Å²) < 4.78 is 1.01. The summed E-state index contributed by atoms with van der Waals surface area (Å²) >= 11 is 3.56. The summed E-state index contributed by atoms with van der Waals surface area (Å²) in [4.78, 5) is 2.47. The minimum Gasteiger partial charge on any atom is -0.389 e. The predicted molar refractivity (Wildman–Crippen MR) is 80.0 cm³/mol. The number of nitrogens with zero attached hydrogens (tertiary/aromatic N) is 1. The average Bonchev–Trinajstić information content (AvgIpc) is 3.11. The van der Waals surface area contributed by atoms with Crippen LogP contribution in [0.25, 0.3) is 0 Å². The zero-order valence-electron chi connectivity index (χ0n) is 11.2. The van der Waals surface area contributed by atoms with Gasteiger partial charge >= 0.3 is 0 Å². The molecule has 18 heavy (non-hydrogen) atoms. The Morgan fingerprint density at radius 3 is 2.67 bits per heavy atom. The topological polar surface area (TPSA) is 23.5 Å². The Labute approximate surface area is 118 Å². The number of aliphatic hydroxyl groups is 1. The van der Waals surface area contributed by atoms with Crippen molar-refractivity contribution in [1.29, 1.82) is 0 Å². The molecule has 0 bridgehead atoms. The van der Waals surface area contributed by atoms with Crippen LogP contribution in [-0.2, 0) is 0 Å². The molecule has 0 unspecified atom stereocenters. The Morgan fingerprint density at radius 1 is 1.44 bits per heavy atom. The Bertz CT molecular complexity index is 401. The van der Waals surface area contributed by atoms with Crippen molar-refractivity contribution in [3.8, 4) is 0 Å². The Balaban J connectivity index is 2.15. The molecule has 0 aliphatic heterocycles. The van der Waals surface area contributed by atoms with Crippen LogP contribution in [0.2, 0.25) is 0 Å². The second-order valence-electron chi connectivity index (χ2n) is 5.27. The van der Waals surface area contributed by atoms with Gasteiger partial charge in [0, 0.05) is 23.2 Å². The van der Waals surface area contributed by atoms with Crippen LogP contribution < -0.4 is 4.90 Å². The lowest BCUT2D eigenvalue weighted by atomic mass is 10.1. The lowest BCUT2D eigenvalue weighted by molar-refractivity contribution is 0.198. The fourth-order valence-corrected chi connectivity index (χ4v) is 2.96. The van der Waals surface area contributed by atoms with Crippen LogP contribution in [0.5, 0.6) is 0 Å². The number of aliphatic hydroxyl groups excluding tert-OH is 1. The third-order valence-corrected chi connectivity index (χ3v) is 4.16. The van der Waals surface area contributed by atoms with Crippen LogP contribution in [0.3, 0.4) is 0 Å². The Morgan fingerprint density at radius 2 is 2.17 bits per heavy atom. The quantitative estimate of drug-likeness (QED) is 0.854. The molecule has 1 atom stereocenters. The zero-order chi connectivity index (χ0) is 13.1. The number of hydrogen-bond acceptors (Lipinski definition) is 2. The van der Waals surface area contributed by atoms with E-state index in [9.17, 15) is 5.11 Å². The van der Waals surface area contributed by atoms with Crippen LogP contribution in [0.4, 0.5) is 5.69 Å². The highest BCUT2D eigenvalue weighted by atomic mass is 79.9. The highest BCUT2D eigenvalue weighted by Gasteiger charge is 2.24. The zero-order valence-corrected chi connectivity index (χ0v) is 12.8. The summed E-state index contributed by atoms with van der Waals surface area (Å²) in [5, 5.41) is 9.65. The molecule has 1 aliphatic rings. The fraction of sp³-hybridized carbons (Fsp3) is 0.600. The highest BCUT2D eigenvalue weighted by Crippen LogP contribution is 2.33. The monoisotopic (exact) mass is 311 g/mol. The molecule has 1 fully saturated rings. The molecule has 0 amide bonds. The highest BCUT2D eigenvalue weighted by molar-refractivity contribution is 9.10. The molecular weight excluding hydrogens is 290 g/mol. The van der Waals surface area contributed by atoms with E-state index in [0.717, 1.165) is 22.5 Å². The van der Waals surface area contributed by atoms with Crippen molar-refractivity contribution in [2.75, 3.05) is 18.0 Å². The van der Waals surface area contributed by atoms with E-state index in [1.165, 1.54) is 31.5 Å². The molecule has 2 nitrogen and oxygen atoms in total. The number of halogens is 1. The lowest BCUT2D eigenvalue weighted by Crippen LogP contribution is -2.26. The molecule has 1 aromatic carbocycles. The van der Waals surface area contributed by atoms with Gasteiger partial charge in [0.1, 0.15) is 0 Å². The van der Waals surface area contributed by atoms with E-state index in [-0.39, 0.29) is 0 Å². The largest absolute Gasteiger partial charge is 0.389 e. The van der Waals surface area contributed by atoms with Crippen molar-refractivity contribution in [3.63, 3.8) is 0 Å². The lowest BCUT2D eigenvalue weighted by Gasteiger charge is -2.25. The molecule has 100 valence electrons. The summed E-state index contributed by atoms with van der Waals surface area (Å²) in [7, 11) is 0. The molecule has 0 radical (unpaired) electrons. The minimum atomic E-state index is -0.420. The van der Waals surface area contributed by atoms with Crippen LogP contribution in [0, 0.1) is 5.92 Å². The van der Waals surface area contributed by atoms with Crippen LogP contribution in [-0.4, -0.2) is 18.2 Å². The van der Waals surface area contributed by atoms with Crippen LogP contribution >= 0.6 is 15.9 Å². The van der Waals surface area contributed by atoms with Crippen LogP contribution in [0.15, 0.2) is 22.7 Å². The molecular formula is C15H22BrNO. The van der Waals surface area contributed by atoms with E-state index in [1.54, 1.807) is 6.92 Å². The average molecular weight is 312 g/mol. The summed E-state index contributed by atoms with van der Waals surface area (Å²) in [5.74, 6) is 0.895. The van der Waals surface area contributed by atoms with Gasteiger partial charge in [-0.1, -0.05) is 28.9 Å². The molecule has 0 saturated heterocycles. The van der Waals surface area contributed by atoms with Crippen molar-refractivity contribution in [2.24, 2.45) is 5.92 Å². The van der Waals surface area contributed by atoms with Gasteiger partial charge in [0.15, 0.2) is 0 Å². The molecule has 1 aromatic rings. The number of anilines is 1. The molecule has 0 aromatic heterocycles. The van der Waals surface area contributed by atoms with Gasteiger partial charge in [-0.25, -0.2) is 0 Å². The first-order chi connectivity index (χ1) is 8.61. The van der Waals surface area contributed by atoms with Gasteiger partial charge in [-0.15, -0.1) is 0 Å². The van der Waals surface area contributed by atoms with E-state index < -0.39 is 6.10 Å². The number of hydrogen-bond donors (Lipinski definition) is 1. The van der Waals surface area contributed by atoms with E-state index in [1.807, 2.05) is 6.07 Å². The van der Waals surface area contributed by atoms with Crippen molar-refractivity contribution < 1.29 is 5.11 Å². The molecule has 2 rings (SSSR count). The smallest absolute Gasteiger partial charge is 0.0772 e. The van der Waals surface area contributed by atoms with E-state index in [0.29, 0.717) is 0 Å². The summed E-state index contributed by atoms with van der Waals surface area (Å²) in [6, 6.07) is 6.30. The van der Waals surface area contributed by atoms with E-state index in [2.05, 4.69) is 39.9 Å². The van der Waals surface area contributed by atoms with Gasteiger partial charge in [0.2, 0.25) is 0 Å². The van der Waals surface area contributed by atoms with Gasteiger partial charge in [-0.2, -0.15) is 0 Å². The first kappa shape index (κ1) is 13.9. The second kappa shape index (κ2) is 6.07. The molecule has 1 saturated carbocycles. The maximum atomic E-state index is 9.65. The van der Waals surface area contributed by atoms with Crippen LogP contribution in [0.1, 0.15) is 44.8 Å². The molecule has 3 heteroatoms. The van der Waals surface area contributed by atoms with Gasteiger partial charge < -0.3 is 10.0 Å². The maximum absolute atomic E-state index is 9.65. The maximum Gasteiger partial charge on any atom is 0.0772 e. The second-order valence-corrected chi connectivity index (χ2v) is 6.13. The van der Waals surface area contributed by atoms with Crippen molar-refractivity contribution >= 4 is 21.6 Å². The van der Waals surface area contributed by atoms with Crippen molar-refractivity contribution in [2.45, 2.75) is 39.2 Å². The summed E-state index contributed by atoms with van der Waals surface area (Å²) in [5.41, 5.74) is 2.22. The minimum absolute atomic E-state index is 0.420. The number of benzene rings is 1. The van der Waals surface area contributed by atoms with Crippen molar-refractivity contribution in [1.82, 2.24) is 0 Å². The summed E-state index contributed by atoms with van der Waals surface area (Å²) in [6.07, 6.45) is 3.51. The normalized spacial score (nSPS) is 16.7. The third-order valence-electron chi connectivity index (χ3n) is 3.47. The van der Waals surface area contributed by atoms with Gasteiger partial charge in [-0.05, 0) is 49.8 Å². The predicted octanol–water partition coefficient (Wildman–Crippen LogP) is 4.13. The van der Waals surface area contributed by atoms with E-state index >= 15 is 0 Å². The molecule has 1 N–H and O–H groups in total. The molecule has 1 aliphatic carbocycles. The van der Waals surface area contributed by atoms with Gasteiger partial charge in [0.05, 0.1) is 6.10 Å². The molecule has 0 spiro atoms. The first-order valence-electron chi connectivity index (χ1n) is 6.84. The first-order valence-corrected chi connectivity index (χ1v) is 7.63. The van der Waals surface area contributed by atoms with E-state index in [4.69, 9.17) is 0 Å². The summed E-state index contributed by atoms with van der Waals surface area (Å²) in [6.45, 7) is 6.30. The van der Waals surface area contributed by atoms with Crippen molar-refractivity contribution in [3.05, 3.63) is 28.2 Å².